The first kappa shape index (κ1) is 20.1. The van der Waals surface area contributed by atoms with E-state index in [1.165, 1.54) is 0 Å². The van der Waals surface area contributed by atoms with E-state index in [0.717, 1.165) is 49.8 Å². The minimum atomic E-state index is 0.00850. The number of thiazole rings is 1. The third kappa shape index (κ3) is 3.60. The SMILES string of the molecule is COc1cc2ccccc2cc1C(=O)N1CCN(c2nc3c(C)c(Cl)ccc3s2)CC1. The predicted molar refractivity (Wildman–Crippen MR) is 128 cm³/mol. The highest BCUT2D eigenvalue weighted by Gasteiger charge is 2.26. The molecule has 1 aliphatic heterocycles. The number of rotatable bonds is 3. The van der Waals surface area contributed by atoms with Crippen LogP contribution in [0.3, 0.4) is 0 Å². The standard InChI is InChI=1S/C24H22ClN3O2S/c1-15-19(25)7-8-21-22(15)26-24(31-21)28-11-9-27(10-12-28)23(29)18-13-16-5-3-4-6-17(16)14-20(18)30-2/h3-8,13-14H,9-12H2,1-2H3. The maximum atomic E-state index is 13.3. The monoisotopic (exact) mass is 451 g/mol. The van der Waals surface area contributed by atoms with Gasteiger partial charge in [-0.2, -0.15) is 0 Å². The van der Waals surface area contributed by atoms with Gasteiger partial charge in [0, 0.05) is 31.2 Å². The van der Waals surface area contributed by atoms with Crippen molar-refractivity contribution in [2.24, 2.45) is 0 Å². The summed E-state index contributed by atoms with van der Waals surface area (Å²) in [5.41, 5.74) is 2.59. The summed E-state index contributed by atoms with van der Waals surface area (Å²) in [6.07, 6.45) is 0. The number of carbonyl (C=O) groups excluding carboxylic acids is 1. The van der Waals surface area contributed by atoms with Crippen LogP contribution in [0.2, 0.25) is 5.02 Å². The zero-order chi connectivity index (χ0) is 21.5. The van der Waals surface area contributed by atoms with Crippen molar-refractivity contribution < 1.29 is 9.53 Å². The van der Waals surface area contributed by atoms with Crippen LogP contribution < -0.4 is 9.64 Å². The molecule has 5 nitrogen and oxygen atoms in total. The average Bonchev–Trinajstić information content (AvgIpc) is 3.25. The van der Waals surface area contributed by atoms with Crippen LogP contribution in [-0.2, 0) is 0 Å². The Bertz CT molecular complexity index is 1290. The number of carbonyl (C=O) groups is 1. The molecule has 5 rings (SSSR count). The molecule has 1 aliphatic rings. The van der Waals surface area contributed by atoms with Crippen molar-refractivity contribution in [2.75, 3.05) is 38.2 Å². The number of aryl methyl sites for hydroxylation is 1. The molecule has 1 saturated heterocycles. The van der Waals surface area contributed by atoms with Gasteiger partial charge in [-0.3, -0.25) is 4.79 Å². The van der Waals surface area contributed by atoms with E-state index in [1.54, 1.807) is 18.4 Å². The molecule has 0 bridgehead atoms. The molecule has 0 spiro atoms. The van der Waals surface area contributed by atoms with Gasteiger partial charge >= 0.3 is 0 Å². The number of methoxy groups -OCH3 is 1. The van der Waals surface area contributed by atoms with E-state index >= 15 is 0 Å². The van der Waals surface area contributed by atoms with Gasteiger partial charge < -0.3 is 14.5 Å². The number of aromatic nitrogens is 1. The summed E-state index contributed by atoms with van der Waals surface area (Å²) in [7, 11) is 1.61. The lowest BCUT2D eigenvalue weighted by Gasteiger charge is -2.34. The highest BCUT2D eigenvalue weighted by molar-refractivity contribution is 7.22. The minimum absolute atomic E-state index is 0.00850. The molecular weight excluding hydrogens is 430 g/mol. The van der Waals surface area contributed by atoms with E-state index in [4.69, 9.17) is 21.3 Å². The second-order valence-corrected chi connectivity index (χ2v) is 9.11. The van der Waals surface area contributed by atoms with E-state index < -0.39 is 0 Å². The molecule has 158 valence electrons. The molecule has 0 atom stereocenters. The van der Waals surface area contributed by atoms with Crippen molar-refractivity contribution >= 4 is 55.0 Å². The number of hydrogen-bond donors (Lipinski definition) is 0. The van der Waals surface area contributed by atoms with E-state index in [1.807, 2.05) is 60.4 Å². The Morgan fingerprint density at radius 3 is 2.48 bits per heavy atom. The first-order chi connectivity index (χ1) is 15.0. The molecule has 1 fully saturated rings. The predicted octanol–water partition coefficient (Wildman–Crippen LogP) is 5.38. The molecule has 0 aliphatic carbocycles. The van der Waals surface area contributed by atoms with Crippen LogP contribution >= 0.6 is 22.9 Å². The second kappa shape index (κ2) is 8.02. The largest absolute Gasteiger partial charge is 0.496 e. The fourth-order valence-electron chi connectivity index (χ4n) is 4.05. The third-order valence-corrected chi connectivity index (χ3v) is 7.36. The quantitative estimate of drug-likeness (QED) is 0.419. The Balaban J connectivity index is 1.35. The Morgan fingerprint density at radius 2 is 1.77 bits per heavy atom. The maximum Gasteiger partial charge on any atom is 0.257 e. The van der Waals surface area contributed by atoms with E-state index in [2.05, 4.69) is 4.90 Å². The van der Waals surface area contributed by atoms with Gasteiger partial charge in [-0.25, -0.2) is 4.98 Å². The Labute approximate surface area is 189 Å². The lowest BCUT2D eigenvalue weighted by Crippen LogP contribution is -2.48. The lowest BCUT2D eigenvalue weighted by molar-refractivity contribution is 0.0743. The number of hydrogen-bond acceptors (Lipinski definition) is 5. The highest BCUT2D eigenvalue weighted by Crippen LogP contribution is 2.34. The van der Waals surface area contributed by atoms with Crippen LogP contribution in [0, 0.1) is 6.92 Å². The Morgan fingerprint density at radius 1 is 1.06 bits per heavy atom. The van der Waals surface area contributed by atoms with Crippen LogP contribution in [0.5, 0.6) is 5.75 Å². The van der Waals surface area contributed by atoms with Gasteiger partial charge in [-0.05, 0) is 47.5 Å². The van der Waals surface area contributed by atoms with Gasteiger partial charge in [0.2, 0.25) is 0 Å². The number of ether oxygens (including phenoxy) is 1. The number of piperazine rings is 1. The summed E-state index contributed by atoms with van der Waals surface area (Å²) < 4.78 is 6.67. The smallest absolute Gasteiger partial charge is 0.257 e. The van der Waals surface area contributed by atoms with Crippen molar-refractivity contribution in [1.82, 2.24) is 9.88 Å². The summed E-state index contributed by atoms with van der Waals surface area (Å²) >= 11 is 7.93. The molecule has 7 heteroatoms. The zero-order valence-electron chi connectivity index (χ0n) is 17.4. The maximum absolute atomic E-state index is 13.3. The summed E-state index contributed by atoms with van der Waals surface area (Å²) in [6, 6.07) is 15.8. The van der Waals surface area contributed by atoms with Crippen molar-refractivity contribution in [3.63, 3.8) is 0 Å². The molecular formula is C24H22ClN3O2S. The Hall–Kier alpha value is -2.83. The second-order valence-electron chi connectivity index (χ2n) is 7.69. The minimum Gasteiger partial charge on any atom is -0.496 e. The van der Waals surface area contributed by atoms with Gasteiger partial charge in [0.15, 0.2) is 5.13 Å². The van der Waals surface area contributed by atoms with E-state index in [9.17, 15) is 4.79 Å². The number of halogens is 1. The molecule has 31 heavy (non-hydrogen) atoms. The number of benzene rings is 3. The number of fused-ring (bicyclic) bond motifs is 2. The summed E-state index contributed by atoms with van der Waals surface area (Å²) in [5.74, 6) is 0.624. The number of amides is 1. The summed E-state index contributed by atoms with van der Waals surface area (Å²) in [4.78, 5) is 22.3. The van der Waals surface area contributed by atoms with Gasteiger partial charge in [0.25, 0.3) is 5.91 Å². The van der Waals surface area contributed by atoms with Crippen LogP contribution in [0.4, 0.5) is 5.13 Å². The molecule has 1 amide bonds. The van der Waals surface area contributed by atoms with Crippen LogP contribution in [0.1, 0.15) is 15.9 Å². The normalized spacial score (nSPS) is 14.4. The molecule has 0 saturated carbocycles. The molecule has 0 N–H and O–H groups in total. The summed E-state index contributed by atoms with van der Waals surface area (Å²) in [6.45, 7) is 4.78. The average molecular weight is 452 g/mol. The molecule has 0 unspecified atom stereocenters. The van der Waals surface area contributed by atoms with Crippen LogP contribution in [-0.4, -0.2) is 49.1 Å². The van der Waals surface area contributed by atoms with Gasteiger partial charge in [-0.1, -0.05) is 47.2 Å². The molecule has 4 aromatic rings. The fraction of sp³-hybridized carbons (Fsp3) is 0.250. The zero-order valence-corrected chi connectivity index (χ0v) is 19.0. The van der Waals surface area contributed by atoms with Gasteiger partial charge in [0.1, 0.15) is 5.75 Å². The topological polar surface area (TPSA) is 45.7 Å². The number of nitrogens with zero attached hydrogens (tertiary/aromatic N) is 3. The van der Waals surface area contributed by atoms with Gasteiger partial charge in [-0.15, -0.1) is 0 Å². The van der Waals surface area contributed by atoms with Crippen LogP contribution in [0.25, 0.3) is 21.0 Å². The third-order valence-electron chi connectivity index (χ3n) is 5.87. The summed E-state index contributed by atoms with van der Waals surface area (Å²) in [5, 5.41) is 3.82. The van der Waals surface area contributed by atoms with Crippen molar-refractivity contribution in [3.05, 3.63) is 64.7 Å². The van der Waals surface area contributed by atoms with Crippen molar-refractivity contribution in [2.45, 2.75) is 6.92 Å². The first-order valence-corrected chi connectivity index (χ1v) is 11.4. The molecule has 1 aromatic heterocycles. The fourth-order valence-corrected chi connectivity index (χ4v) is 5.28. The van der Waals surface area contributed by atoms with Gasteiger partial charge in [0.05, 0.1) is 22.9 Å². The Kier molecular flexibility index (Phi) is 5.20. The first-order valence-electron chi connectivity index (χ1n) is 10.2. The molecule has 2 heterocycles. The van der Waals surface area contributed by atoms with Crippen molar-refractivity contribution in [1.29, 1.82) is 0 Å². The van der Waals surface area contributed by atoms with Crippen LogP contribution in [0.15, 0.2) is 48.5 Å². The molecule has 0 radical (unpaired) electrons. The number of anilines is 1. The molecule has 3 aromatic carbocycles. The highest BCUT2D eigenvalue weighted by atomic mass is 35.5. The van der Waals surface area contributed by atoms with E-state index in [0.29, 0.717) is 24.4 Å². The lowest BCUT2D eigenvalue weighted by atomic mass is 10.0. The van der Waals surface area contributed by atoms with E-state index in [-0.39, 0.29) is 5.91 Å². The van der Waals surface area contributed by atoms with Crippen molar-refractivity contribution in [3.8, 4) is 5.75 Å².